The number of hydrogen-bond donors (Lipinski definition) is 0. The Kier molecular flexibility index (Phi) is 3.98. The molecule has 1 fully saturated rings. The van der Waals surface area contributed by atoms with Crippen LogP contribution in [0.3, 0.4) is 0 Å². The maximum atomic E-state index is 12.6. The lowest BCUT2D eigenvalue weighted by Gasteiger charge is -2.26. The molecule has 1 saturated heterocycles. The summed E-state index contributed by atoms with van der Waals surface area (Å²) in [6.45, 7) is 1.70. The van der Waals surface area contributed by atoms with E-state index in [1.807, 2.05) is 52.1 Å². The first-order valence-corrected chi connectivity index (χ1v) is 8.62. The Balaban J connectivity index is 1.69. The van der Waals surface area contributed by atoms with Crippen LogP contribution < -0.4 is 0 Å². The van der Waals surface area contributed by atoms with Gasteiger partial charge in [-0.3, -0.25) is 4.79 Å². The first kappa shape index (κ1) is 15.2. The lowest BCUT2D eigenvalue weighted by Crippen LogP contribution is -2.35. The van der Waals surface area contributed by atoms with Gasteiger partial charge in [-0.05, 0) is 49.6 Å². The van der Waals surface area contributed by atoms with Gasteiger partial charge in [0.1, 0.15) is 5.65 Å². The van der Waals surface area contributed by atoms with Gasteiger partial charge < -0.3 is 9.47 Å². The van der Waals surface area contributed by atoms with Crippen molar-refractivity contribution in [1.29, 1.82) is 0 Å². The van der Waals surface area contributed by atoms with Crippen molar-refractivity contribution in [2.45, 2.75) is 19.3 Å². The highest BCUT2D eigenvalue weighted by atomic mass is 35.5. The molecule has 4 rings (SSSR count). The zero-order chi connectivity index (χ0) is 16.5. The lowest BCUT2D eigenvalue weighted by atomic mass is 10.1. The van der Waals surface area contributed by atoms with E-state index in [1.54, 1.807) is 6.20 Å². The molecule has 5 heteroatoms. The second-order valence-electron chi connectivity index (χ2n) is 6.16. The molecule has 0 spiro atoms. The van der Waals surface area contributed by atoms with Gasteiger partial charge in [0.25, 0.3) is 5.91 Å². The molecule has 122 valence electrons. The van der Waals surface area contributed by atoms with Gasteiger partial charge in [-0.15, -0.1) is 0 Å². The van der Waals surface area contributed by atoms with Crippen LogP contribution in [0, 0.1) is 0 Å². The summed E-state index contributed by atoms with van der Waals surface area (Å²) < 4.78 is 1.98. The van der Waals surface area contributed by atoms with Gasteiger partial charge in [0.05, 0.1) is 5.56 Å². The van der Waals surface area contributed by atoms with E-state index >= 15 is 0 Å². The van der Waals surface area contributed by atoms with Gasteiger partial charge in [0.2, 0.25) is 0 Å². The van der Waals surface area contributed by atoms with Gasteiger partial charge >= 0.3 is 0 Å². The van der Waals surface area contributed by atoms with Gasteiger partial charge in [0, 0.05) is 41.6 Å². The SMILES string of the molecule is O=C(c1cnc2c(ccn2-c2cccc(Cl)c2)c1)N1CCCCC1. The summed E-state index contributed by atoms with van der Waals surface area (Å²) in [5, 5.41) is 1.64. The van der Waals surface area contributed by atoms with Crippen molar-refractivity contribution in [1.82, 2.24) is 14.5 Å². The van der Waals surface area contributed by atoms with E-state index in [9.17, 15) is 4.79 Å². The molecule has 2 aromatic heterocycles. The van der Waals surface area contributed by atoms with Gasteiger partial charge in [-0.1, -0.05) is 17.7 Å². The fourth-order valence-corrected chi connectivity index (χ4v) is 3.44. The second kappa shape index (κ2) is 6.29. The Morgan fingerprint density at radius 2 is 1.92 bits per heavy atom. The van der Waals surface area contributed by atoms with Crippen LogP contribution in [0.4, 0.5) is 0 Å². The number of carbonyl (C=O) groups excluding carboxylic acids is 1. The van der Waals surface area contributed by atoms with Crippen LogP contribution in [0.25, 0.3) is 16.7 Å². The molecule has 24 heavy (non-hydrogen) atoms. The largest absolute Gasteiger partial charge is 0.339 e. The summed E-state index contributed by atoms with van der Waals surface area (Å²) >= 11 is 6.08. The van der Waals surface area contributed by atoms with Crippen LogP contribution in [-0.2, 0) is 0 Å². The highest BCUT2D eigenvalue weighted by molar-refractivity contribution is 6.30. The summed E-state index contributed by atoms with van der Waals surface area (Å²) in [6, 6.07) is 11.6. The molecular weight excluding hydrogens is 322 g/mol. The average Bonchev–Trinajstić information content (AvgIpc) is 3.05. The van der Waals surface area contributed by atoms with E-state index in [1.165, 1.54) is 6.42 Å². The Bertz CT molecular complexity index is 897. The maximum absolute atomic E-state index is 12.6. The predicted molar refractivity (Wildman–Crippen MR) is 95.8 cm³/mol. The first-order chi connectivity index (χ1) is 11.7. The molecule has 1 aromatic carbocycles. The third-order valence-corrected chi connectivity index (χ3v) is 4.74. The molecular formula is C19H18ClN3O. The minimum absolute atomic E-state index is 0.0830. The van der Waals surface area contributed by atoms with Crippen molar-refractivity contribution >= 4 is 28.5 Å². The number of rotatable bonds is 2. The van der Waals surface area contributed by atoms with Crippen LogP contribution in [-0.4, -0.2) is 33.4 Å². The molecule has 0 unspecified atom stereocenters. The Morgan fingerprint density at radius 1 is 1.08 bits per heavy atom. The zero-order valence-corrected chi connectivity index (χ0v) is 14.0. The highest BCUT2D eigenvalue weighted by Gasteiger charge is 2.19. The number of pyridine rings is 1. The van der Waals surface area contributed by atoms with Crippen LogP contribution in [0.5, 0.6) is 0 Å². The number of likely N-dealkylation sites (tertiary alicyclic amines) is 1. The van der Waals surface area contributed by atoms with Crippen LogP contribution in [0.15, 0.2) is 48.8 Å². The second-order valence-corrected chi connectivity index (χ2v) is 6.59. The van der Waals surface area contributed by atoms with E-state index in [-0.39, 0.29) is 5.91 Å². The predicted octanol–water partition coefficient (Wildman–Crippen LogP) is 4.31. The third-order valence-electron chi connectivity index (χ3n) is 4.50. The Hall–Kier alpha value is -2.33. The number of aromatic nitrogens is 2. The van der Waals surface area contributed by atoms with Crippen LogP contribution in [0.1, 0.15) is 29.6 Å². The lowest BCUT2D eigenvalue weighted by molar-refractivity contribution is 0.0724. The Labute approximate surface area is 145 Å². The molecule has 0 radical (unpaired) electrons. The molecule has 0 aliphatic carbocycles. The molecule has 1 amide bonds. The molecule has 0 saturated carbocycles. The number of nitrogens with zero attached hydrogens (tertiary/aromatic N) is 3. The zero-order valence-electron chi connectivity index (χ0n) is 13.3. The maximum Gasteiger partial charge on any atom is 0.255 e. The molecule has 0 N–H and O–H groups in total. The van der Waals surface area contributed by atoms with Crippen molar-refractivity contribution in [3.63, 3.8) is 0 Å². The fraction of sp³-hybridized carbons (Fsp3) is 0.263. The monoisotopic (exact) mass is 339 g/mol. The van der Waals surface area contributed by atoms with Crippen molar-refractivity contribution in [2.24, 2.45) is 0 Å². The summed E-state index contributed by atoms with van der Waals surface area (Å²) in [5.74, 6) is 0.0830. The summed E-state index contributed by atoms with van der Waals surface area (Å²) in [7, 11) is 0. The van der Waals surface area contributed by atoms with Crippen molar-refractivity contribution in [2.75, 3.05) is 13.1 Å². The number of fused-ring (bicyclic) bond motifs is 1. The number of hydrogen-bond acceptors (Lipinski definition) is 2. The molecule has 3 aromatic rings. The minimum atomic E-state index is 0.0830. The molecule has 3 heterocycles. The van der Waals surface area contributed by atoms with E-state index in [0.29, 0.717) is 10.6 Å². The fourth-order valence-electron chi connectivity index (χ4n) is 3.25. The number of halogens is 1. The van der Waals surface area contributed by atoms with E-state index in [0.717, 1.165) is 42.7 Å². The van der Waals surface area contributed by atoms with Crippen molar-refractivity contribution in [3.8, 4) is 5.69 Å². The van der Waals surface area contributed by atoms with Crippen LogP contribution in [0.2, 0.25) is 5.02 Å². The topological polar surface area (TPSA) is 38.1 Å². The van der Waals surface area contributed by atoms with Crippen LogP contribution >= 0.6 is 11.6 Å². The number of carbonyl (C=O) groups is 1. The van der Waals surface area contributed by atoms with Gasteiger partial charge in [-0.25, -0.2) is 4.98 Å². The van der Waals surface area contributed by atoms with E-state index in [2.05, 4.69) is 4.98 Å². The van der Waals surface area contributed by atoms with Crippen molar-refractivity contribution < 1.29 is 4.79 Å². The minimum Gasteiger partial charge on any atom is -0.339 e. The van der Waals surface area contributed by atoms with E-state index < -0.39 is 0 Å². The molecule has 4 nitrogen and oxygen atoms in total. The summed E-state index contributed by atoms with van der Waals surface area (Å²) in [6.07, 6.45) is 7.03. The number of benzene rings is 1. The normalized spacial score (nSPS) is 15.0. The molecule has 1 aliphatic heterocycles. The quantitative estimate of drug-likeness (QED) is 0.698. The summed E-state index contributed by atoms with van der Waals surface area (Å²) in [5.41, 5.74) is 2.45. The van der Waals surface area contributed by atoms with Crippen molar-refractivity contribution in [3.05, 3.63) is 59.4 Å². The Morgan fingerprint density at radius 3 is 2.71 bits per heavy atom. The smallest absolute Gasteiger partial charge is 0.255 e. The highest BCUT2D eigenvalue weighted by Crippen LogP contribution is 2.22. The number of amides is 1. The standard InChI is InChI=1S/C19H18ClN3O/c20-16-5-4-6-17(12-16)23-10-7-14-11-15(13-21-18(14)23)19(24)22-8-2-1-3-9-22/h4-7,10-13H,1-3,8-9H2. The third kappa shape index (κ3) is 2.78. The summed E-state index contributed by atoms with van der Waals surface area (Å²) in [4.78, 5) is 19.1. The first-order valence-electron chi connectivity index (χ1n) is 8.25. The molecule has 1 aliphatic rings. The van der Waals surface area contributed by atoms with Gasteiger partial charge in [0.15, 0.2) is 0 Å². The average molecular weight is 340 g/mol. The number of piperidine rings is 1. The van der Waals surface area contributed by atoms with E-state index in [4.69, 9.17) is 11.6 Å². The molecule has 0 atom stereocenters. The molecule has 0 bridgehead atoms. The van der Waals surface area contributed by atoms with Gasteiger partial charge in [-0.2, -0.15) is 0 Å².